The van der Waals surface area contributed by atoms with Crippen LogP contribution in [0.1, 0.15) is 43.9 Å². The van der Waals surface area contributed by atoms with E-state index in [0.717, 1.165) is 6.07 Å². The lowest BCUT2D eigenvalue weighted by Crippen LogP contribution is -2.39. The number of rotatable bonds is 1. The third-order valence-electron chi connectivity index (χ3n) is 3.66. The van der Waals surface area contributed by atoms with E-state index in [1.54, 1.807) is 32.9 Å². The van der Waals surface area contributed by atoms with Gasteiger partial charge in [-0.25, -0.2) is 4.79 Å². The molecule has 4 nitrogen and oxygen atoms in total. The minimum atomic E-state index is -4.55. The van der Waals surface area contributed by atoms with Crippen molar-refractivity contribution in [3.8, 4) is 6.07 Å². The summed E-state index contributed by atoms with van der Waals surface area (Å²) in [4.78, 5) is 13.5. The van der Waals surface area contributed by atoms with E-state index in [0.29, 0.717) is 5.57 Å². The Morgan fingerprint density at radius 3 is 2.44 bits per heavy atom. The Bertz CT molecular complexity index is 740. The normalized spacial score (nSPS) is 15.4. The van der Waals surface area contributed by atoms with Crippen molar-refractivity contribution in [3.05, 3.63) is 41.0 Å². The minimum absolute atomic E-state index is 0.0390. The zero-order valence-corrected chi connectivity index (χ0v) is 14.3. The number of ether oxygens (including phenoxy) is 1. The number of carbonyl (C=O) groups excluding carboxylic acids is 1. The molecule has 2 rings (SSSR count). The molecule has 25 heavy (non-hydrogen) atoms. The van der Waals surface area contributed by atoms with Crippen molar-refractivity contribution in [1.82, 2.24) is 4.90 Å². The molecule has 0 spiro atoms. The molecule has 0 aliphatic carbocycles. The predicted octanol–water partition coefficient (Wildman–Crippen LogP) is 4.60. The summed E-state index contributed by atoms with van der Waals surface area (Å²) in [5.41, 5.74) is -0.934. The fourth-order valence-corrected chi connectivity index (χ4v) is 2.53. The highest BCUT2D eigenvalue weighted by Gasteiger charge is 2.35. The molecule has 0 unspecified atom stereocenters. The Kier molecular flexibility index (Phi) is 5.12. The van der Waals surface area contributed by atoms with Gasteiger partial charge in [-0.15, -0.1) is 0 Å². The van der Waals surface area contributed by atoms with Crippen LogP contribution in [0.2, 0.25) is 0 Å². The van der Waals surface area contributed by atoms with Crippen molar-refractivity contribution in [1.29, 1.82) is 5.26 Å². The van der Waals surface area contributed by atoms with Crippen LogP contribution >= 0.6 is 0 Å². The topological polar surface area (TPSA) is 53.3 Å². The summed E-state index contributed by atoms with van der Waals surface area (Å²) in [5, 5.41) is 8.83. The molecule has 0 atom stereocenters. The smallest absolute Gasteiger partial charge is 0.417 e. The van der Waals surface area contributed by atoms with Gasteiger partial charge in [0.2, 0.25) is 0 Å². The van der Waals surface area contributed by atoms with Gasteiger partial charge in [0.1, 0.15) is 5.60 Å². The zero-order valence-electron chi connectivity index (χ0n) is 14.3. The van der Waals surface area contributed by atoms with Crippen LogP contribution < -0.4 is 0 Å². The number of alkyl halides is 3. The van der Waals surface area contributed by atoms with Crippen LogP contribution in [-0.2, 0) is 10.9 Å². The maximum Gasteiger partial charge on any atom is 0.417 e. The van der Waals surface area contributed by atoms with E-state index in [1.165, 1.54) is 17.0 Å². The third-order valence-corrected chi connectivity index (χ3v) is 3.66. The largest absolute Gasteiger partial charge is 0.444 e. The molecule has 0 saturated heterocycles. The molecule has 0 bridgehead atoms. The minimum Gasteiger partial charge on any atom is -0.444 e. The first-order chi connectivity index (χ1) is 11.5. The summed E-state index contributed by atoms with van der Waals surface area (Å²) in [5.74, 6) is 0. The molecule has 1 amide bonds. The summed E-state index contributed by atoms with van der Waals surface area (Å²) >= 11 is 0. The second-order valence-corrected chi connectivity index (χ2v) is 6.78. The Labute approximate surface area is 144 Å². The van der Waals surface area contributed by atoms with Gasteiger partial charge in [0.15, 0.2) is 0 Å². The van der Waals surface area contributed by atoms with E-state index in [-0.39, 0.29) is 30.6 Å². The third kappa shape index (κ3) is 4.75. The number of carbonyl (C=O) groups is 1. The molecule has 1 aliphatic rings. The first-order valence-corrected chi connectivity index (χ1v) is 7.80. The standard InChI is InChI=1S/C18H19F3N2O2/c1-17(2,3)25-16(24)23-8-6-13(7-9-23)14-5-4-12(11-22)10-15(14)18(19,20)21/h4-6,10H,7-9H2,1-3H3. The number of hydrogen-bond acceptors (Lipinski definition) is 3. The highest BCUT2D eigenvalue weighted by molar-refractivity contribution is 5.74. The Morgan fingerprint density at radius 2 is 1.96 bits per heavy atom. The maximum atomic E-state index is 13.3. The fraction of sp³-hybridized carbons (Fsp3) is 0.444. The van der Waals surface area contributed by atoms with E-state index < -0.39 is 23.4 Å². The molecule has 0 N–H and O–H groups in total. The summed E-state index contributed by atoms with van der Waals surface area (Å²) < 4.78 is 45.1. The second kappa shape index (κ2) is 6.79. The van der Waals surface area contributed by atoms with Crippen LogP contribution in [0.3, 0.4) is 0 Å². The van der Waals surface area contributed by atoms with Gasteiger partial charge in [0.05, 0.1) is 17.2 Å². The van der Waals surface area contributed by atoms with Crippen LogP contribution in [0.4, 0.5) is 18.0 Å². The van der Waals surface area contributed by atoms with Gasteiger partial charge in [-0.1, -0.05) is 12.1 Å². The first kappa shape index (κ1) is 18.8. The number of nitrogens with zero attached hydrogens (tertiary/aromatic N) is 2. The van der Waals surface area contributed by atoms with E-state index in [4.69, 9.17) is 10.00 Å². The van der Waals surface area contributed by atoms with E-state index in [9.17, 15) is 18.0 Å². The molecule has 0 radical (unpaired) electrons. The molecule has 7 heteroatoms. The summed E-state index contributed by atoms with van der Waals surface area (Å²) in [7, 11) is 0. The average Bonchev–Trinajstić information content (AvgIpc) is 2.52. The number of amides is 1. The Morgan fingerprint density at radius 1 is 1.28 bits per heavy atom. The van der Waals surface area contributed by atoms with Gasteiger partial charge >= 0.3 is 12.3 Å². The lowest BCUT2D eigenvalue weighted by Gasteiger charge is -2.30. The Balaban J connectivity index is 2.25. The zero-order chi connectivity index (χ0) is 18.8. The van der Waals surface area contributed by atoms with Gasteiger partial charge in [0.25, 0.3) is 0 Å². The van der Waals surface area contributed by atoms with E-state index in [2.05, 4.69) is 0 Å². The van der Waals surface area contributed by atoms with Crippen LogP contribution in [-0.4, -0.2) is 29.7 Å². The monoisotopic (exact) mass is 352 g/mol. The number of hydrogen-bond donors (Lipinski definition) is 0. The molecule has 1 aromatic carbocycles. The summed E-state index contributed by atoms with van der Waals surface area (Å²) in [6, 6.07) is 5.26. The molecular weight excluding hydrogens is 333 g/mol. The number of benzene rings is 1. The lowest BCUT2D eigenvalue weighted by molar-refractivity contribution is -0.137. The van der Waals surface area contributed by atoms with Crippen LogP contribution in [0.25, 0.3) is 5.57 Å². The van der Waals surface area contributed by atoms with Gasteiger partial charge in [0, 0.05) is 13.1 Å². The summed E-state index contributed by atoms with van der Waals surface area (Å²) in [6.45, 7) is 5.72. The molecule has 0 fully saturated rings. The van der Waals surface area contributed by atoms with E-state index in [1.807, 2.05) is 0 Å². The van der Waals surface area contributed by atoms with Gasteiger partial charge in [-0.3, -0.25) is 0 Å². The second-order valence-electron chi connectivity index (χ2n) is 6.78. The molecular formula is C18H19F3N2O2. The molecule has 1 heterocycles. The lowest BCUT2D eigenvalue weighted by atomic mass is 9.93. The maximum absolute atomic E-state index is 13.3. The first-order valence-electron chi connectivity index (χ1n) is 7.80. The van der Waals surface area contributed by atoms with Crippen LogP contribution in [0, 0.1) is 11.3 Å². The Hall–Kier alpha value is -2.49. The molecule has 1 aliphatic heterocycles. The molecule has 1 aromatic rings. The van der Waals surface area contributed by atoms with Gasteiger partial charge in [-0.05, 0) is 50.5 Å². The number of nitriles is 1. The van der Waals surface area contributed by atoms with Crippen molar-refractivity contribution < 1.29 is 22.7 Å². The van der Waals surface area contributed by atoms with Crippen molar-refractivity contribution in [2.75, 3.05) is 13.1 Å². The van der Waals surface area contributed by atoms with Crippen molar-refractivity contribution in [2.24, 2.45) is 0 Å². The van der Waals surface area contributed by atoms with E-state index >= 15 is 0 Å². The van der Waals surface area contributed by atoms with Gasteiger partial charge < -0.3 is 9.64 Å². The average molecular weight is 352 g/mol. The highest BCUT2D eigenvalue weighted by atomic mass is 19.4. The summed E-state index contributed by atoms with van der Waals surface area (Å²) in [6.07, 6.45) is -3.15. The van der Waals surface area contributed by atoms with Gasteiger partial charge in [-0.2, -0.15) is 18.4 Å². The fourth-order valence-electron chi connectivity index (χ4n) is 2.53. The molecule has 134 valence electrons. The van der Waals surface area contributed by atoms with Crippen molar-refractivity contribution in [3.63, 3.8) is 0 Å². The molecule has 0 aromatic heterocycles. The van der Waals surface area contributed by atoms with Crippen LogP contribution in [0.5, 0.6) is 0 Å². The van der Waals surface area contributed by atoms with Crippen LogP contribution in [0.15, 0.2) is 24.3 Å². The SMILES string of the molecule is CC(C)(C)OC(=O)N1CC=C(c2ccc(C#N)cc2C(F)(F)F)CC1. The van der Waals surface area contributed by atoms with Crippen molar-refractivity contribution >= 4 is 11.7 Å². The number of halogens is 3. The quantitative estimate of drug-likeness (QED) is 0.742. The van der Waals surface area contributed by atoms with Crippen molar-refractivity contribution in [2.45, 2.75) is 39.0 Å². The predicted molar refractivity (Wildman–Crippen MR) is 86.6 cm³/mol. The molecule has 0 saturated carbocycles. The highest BCUT2D eigenvalue weighted by Crippen LogP contribution is 2.37.